The van der Waals surface area contributed by atoms with Gasteiger partial charge in [-0.25, -0.2) is 0 Å². The van der Waals surface area contributed by atoms with Gasteiger partial charge in [-0.3, -0.25) is 4.79 Å². The maximum absolute atomic E-state index is 12.1. The summed E-state index contributed by atoms with van der Waals surface area (Å²) >= 11 is 0. The van der Waals surface area contributed by atoms with Gasteiger partial charge in [0.15, 0.2) is 11.5 Å². The summed E-state index contributed by atoms with van der Waals surface area (Å²) in [7, 11) is 0. The van der Waals surface area contributed by atoms with E-state index in [0.29, 0.717) is 26.2 Å². The Hall–Kier alpha value is -2.95. The van der Waals surface area contributed by atoms with E-state index in [1.807, 2.05) is 36.5 Å². The van der Waals surface area contributed by atoms with E-state index in [1.165, 1.54) is 10.9 Å². The number of nitrogens with one attached hydrogen (secondary N) is 2. The minimum absolute atomic E-state index is 0.104. The van der Waals surface area contributed by atoms with Crippen LogP contribution in [0.25, 0.3) is 10.9 Å². The van der Waals surface area contributed by atoms with Crippen molar-refractivity contribution in [1.29, 1.82) is 0 Å². The van der Waals surface area contributed by atoms with E-state index in [0.717, 1.165) is 41.8 Å². The molecule has 5 heteroatoms. The molecule has 140 valence electrons. The lowest BCUT2D eigenvalue weighted by atomic mass is 10.1. The zero-order valence-electron chi connectivity index (χ0n) is 15.3. The van der Waals surface area contributed by atoms with Crippen LogP contribution in [-0.4, -0.2) is 30.6 Å². The number of aromatic amines is 1. The molecule has 1 amide bonds. The third-order valence-corrected chi connectivity index (χ3v) is 4.87. The van der Waals surface area contributed by atoms with E-state index in [1.54, 1.807) is 0 Å². The normalized spacial score (nSPS) is 12.9. The SMILES string of the molecule is O=C(CCCc1c[nH]c2ccccc12)NCCc1ccc2c(c1)OCCO2. The van der Waals surface area contributed by atoms with Gasteiger partial charge in [-0.05, 0) is 48.6 Å². The number of ether oxygens (including phenoxy) is 2. The highest BCUT2D eigenvalue weighted by Crippen LogP contribution is 2.30. The van der Waals surface area contributed by atoms with Crippen LogP contribution in [0.1, 0.15) is 24.0 Å². The number of carbonyl (C=O) groups is 1. The molecule has 2 N–H and O–H groups in total. The monoisotopic (exact) mass is 364 g/mol. The summed E-state index contributed by atoms with van der Waals surface area (Å²) in [6.07, 6.45) is 5.12. The molecule has 5 nitrogen and oxygen atoms in total. The Bertz CT molecular complexity index is 932. The van der Waals surface area contributed by atoms with Gasteiger partial charge in [-0.15, -0.1) is 0 Å². The molecule has 0 radical (unpaired) electrons. The molecule has 0 atom stereocenters. The van der Waals surface area contributed by atoms with Crippen molar-refractivity contribution < 1.29 is 14.3 Å². The summed E-state index contributed by atoms with van der Waals surface area (Å²) in [4.78, 5) is 15.4. The molecule has 0 fully saturated rings. The number of carbonyl (C=O) groups excluding carboxylic acids is 1. The molecule has 1 aliphatic rings. The Balaban J connectivity index is 1.20. The van der Waals surface area contributed by atoms with Gasteiger partial charge in [-0.2, -0.15) is 0 Å². The molecule has 1 aromatic heterocycles. The zero-order chi connectivity index (χ0) is 18.5. The van der Waals surface area contributed by atoms with Crippen LogP contribution in [0.5, 0.6) is 11.5 Å². The van der Waals surface area contributed by atoms with Crippen molar-refractivity contribution >= 4 is 16.8 Å². The smallest absolute Gasteiger partial charge is 0.220 e. The molecular formula is C22H24N2O3. The first-order chi connectivity index (χ1) is 13.3. The number of H-pyrrole nitrogens is 1. The highest BCUT2D eigenvalue weighted by molar-refractivity contribution is 5.83. The van der Waals surface area contributed by atoms with Crippen molar-refractivity contribution in [3.8, 4) is 11.5 Å². The molecule has 0 aliphatic carbocycles. The fourth-order valence-electron chi connectivity index (χ4n) is 3.46. The molecule has 0 spiro atoms. The van der Waals surface area contributed by atoms with E-state index in [-0.39, 0.29) is 5.91 Å². The number of rotatable bonds is 7. The van der Waals surface area contributed by atoms with Crippen molar-refractivity contribution in [3.63, 3.8) is 0 Å². The van der Waals surface area contributed by atoms with Gasteiger partial charge in [0, 0.05) is 30.1 Å². The van der Waals surface area contributed by atoms with Crippen LogP contribution in [0.15, 0.2) is 48.7 Å². The molecule has 2 heterocycles. The van der Waals surface area contributed by atoms with Crippen LogP contribution in [0.2, 0.25) is 0 Å². The number of para-hydroxylation sites is 1. The lowest BCUT2D eigenvalue weighted by Gasteiger charge is -2.18. The highest BCUT2D eigenvalue weighted by Gasteiger charge is 2.11. The largest absolute Gasteiger partial charge is 0.486 e. The summed E-state index contributed by atoms with van der Waals surface area (Å²) in [6, 6.07) is 14.2. The predicted octanol–water partition coefficient (Wildman–Crippen LogP) is 3.62. The lowest BCUT2D eigenvalue weighted by Crippen LogP contribution is -2.25. The fraction of sp³-hybridized carbons (Fsp3) is 0.318. The van der Waals surface area contributed by atoms with E-state index in [2.05, 4.69) is 22.4 Å². The van der Waals surface area contributed by atoms with Gasteiger partial charge >= 0.3 is 0 Å². The number of benzene rings is 2. The molecule has 4 rings (SSSR count). The van der Waals surface area contributed by atoms with E-state index in [9.17, 15) is 4.79 Å². The summed E-state index contributed by atoms with van der Waals surface area (Å²) < 4.78 is 11.1. The number of aromatic nitrogens is 1. The van der Waals surface area contributed by atoms with Crippen molar-refractivity contribution in [1.82, 2.24) is 10.3 Å². The van der Waals surface area contributed by atoms with Crippen molar-refractivity contribution in [2.75, 3.05) is 19.8 Å². The van der Waals surface area contributed by atoms with Crippen LogP contribution < -0.4 is 14.8 Å². The summed E-state index contributed by atoms with van der Waals surface area (Å²) in [5.74, 6) is 1.70. The molecule has 0 saturated heterocycles. The van der Waals surface area contributed by atoms with Crippen LogP contribution in [0.4, 0.5) is 0 Å². The quantitative estimate of drug-likeness (QED) is 0.673. The Morgan fingerprint density at radius 3 is 2.81 bits per heavy atom. The maximum atomic E-state index is 12.1. The maximum Gasteiger partial charge on any atom is 0.220 e. The first-order valence-corrected chi connectivity index (χ1v) is 9.50. The molecule has 2 aromatic carbocycles. The average Bonchev–Trinajstić information content (AvgIpc) is 3.11. The standard InChI is InChI=1S/C22H24N2O3/c25-22(7-3-4-17-15-24-19-6-2-1-5-18(17)19)23-11-10-16-8-9-20-21(14-16)27-13-12-26-20/h1-2,5-6,8-9,14-15,24H,3-4,7,10-13H2,(H,23,25). The first kappa shape index (κ1) is 17.5. The fourth-order valence-corrected chi connectivity index (χ4v) is 3.46. The number of hydrogen-bond acceptors (Lipinski definition) is 3. The van der Waals surface area contributed by atoms with Gasteiger partial charge in [0.05, 0.1) is 0 Å². The second-order valence-corrected chi connectivity index (χ2v) is 6.79. The molecule has 0 saturated carbocycles. The molecule has 1 aliphatic heterocycles. The van der Waals surface area contributed by atoms with E-state index >= 15 is 0 Å². The lowest BCUT2D eigenvalue weighted by molar-refractivity contribution is -0.121. The second kappa shape index (κ2) is 8.16. The Morgan fingerprint density at radius 1 is 1.04 bits per heavy atom. The third-order valence-electron chi connectivity index (χ3n) is 4.87. The summed E-state index contributed by atoms with van der Waals surface area (Å²) in [6.45, 7) is 1.82. The Kier molecular flexibility index (Phi) is 5.28. The predicted molar refractivity (Wildman–Crippen MR) is 105 cm³/mol. The van der Waals surface area contributed by atoms with Crippen LogP contribution in [0, 0.1) is 0 Å². The van der Waals surface area contributed by atoms with Crippen LogP contribution >= 0.6 is 0 Å². The van der Waals surface area contributed by atoms with Gasteiger partial charge in [-0.1, -0.05) is 24.3 Å². The van der Waals surface area contributed by atoms with Crippen molar-refractivity contribution in [2.45, 2.75) is 25.7 Å². The molecule has 0 unspecified atom stereocenters. The number of aryl methyl sites for hydroxylation is 1. The average molecular weight is 364 g/mol. The van der Waals surface area contributed by atoms with Gasteiger partial charge < -0.3 is 19.8 Å². The summed E-state index contributed by atoms with van der Waals surface area (Å²) in [5.41, 5.74) is 3.56. The number of hydrogen-bond donors (Lipinski definition) is 2. The molecule has 0 bridgehead atoms. The van der Waals surface area contributed by atoms with Crippen molar-refractivity contribution in [3.05, 3.63) is 59.8 Å². The Labute approximate surface area is 158 Å². The van der Waals surface area contributed by atoms with Gasteiger partial charge in [0.2, 0.25) is 5.91 Å². The highest BCUT2D eigenvalue weighted by atomic mass is 16.6. The first-order valence-electron chi connectivity index (χ1n) is 9.50. The van der Waals surface area contributed by atoms with Crippen LogP contribution in [-0.2, 0) is 17.6 Å². The third kappa shape index (κ3) is 4.25. The van der Waals surface area contributed by atoms with Gasteiger partial charge in [0.1, 0.15) is 13.2 Å². The van der Waals surface area contributed by atoms with E-state index < -0.39 is 0 Å². The zero-order valence-corrected chi connectivity index (χ0v) is 15.3. The topological polar surface area (TPSA) is 63.4 Å². The minimum Gasteiger partial charge on any atom is -0.486 e. The number of amides is 1. The summed E-state index contributed by atoms with van der Waals surface area (Å²) in [5, 5.41) is 4.26. The minimum atomic E-state index is 0.104. The second-order valence-electron chi connectivity index (χ2n) is 6.79. The Morgan fingerprint density at radius 2 is 1.89 bits per heavy atom. The number of fused-ring (bicyclic) bond motifs is 2. The molecule has 3 aromatic rings. The van der Waals surface area contributed by atoms with Gasteiger partial charge in [0.25, 0.3) is 0 Å². The molecule has 27 heavy (non-hydrogen) atoms. The van der Waals surface area contributed by atoms with Crippen LogP contribution in [0.3, 0.4) is 0 Å². The van der Waals surface area contributed by atoms with E-state index in [4.69, 9.17) is 9.47 Å². The van der Waals surface area contributed by atoms with Crippen molar-refractivity contribution in [2.24, 2.45) is 0 Å². The molecular weight excluding hydrogens is 340 g/mol.